The maximum atomic E-state index is 13.6. The van der Waals surface area contributed by atoms with Gasteiger partial charge in [0.2, 0.25) is 0 Å². The molecule has 0 spiro atoms. The summed E-state index contributed by atoms with van der Waals surface area (Å²) < 4.78 is 39.8. The summed E-state index contributed by atoms with van der Waals surface area (Å²) >= 11 is 0. The number of benzene rings is 2. The summed E-state index contributed by atoms with van der Waals surface area (Å²) in [6.45, 7) is 3.54. The highest BCUT2D eigenvalue weighted by molar-refractivity contribution is 5.37. The zero-order valence-electron chi connectivity index (χ0n) is 11.4. The molecule has 1 unspecified atom stereocenters. The minimum Gasteiger partial charge on any atom is -0.324 e. The average Bonchev–Trinajstić information content (AvgIpc) is 2.31. The zero-order valence-corrected chi connectivity index (χ0v) is 11.4. The summed E-state index contributed by atoms with van der Waals surface area (Å²) in [4.78, 5) is 0. The molecule has 0 aliphatic rings. The molecule has 0 bridgehead atoms. The minimum atomic E-state index is -0.617. The van der Waals surface area contributed by atoms with Gasteiger partial charge in [-0.15, -0.1) is 0 Å². The van der Waals surface area contributed by atoms with Crippen molar-refractivity contribution in [3.63, 3.8) is 0 Å². The Morgan fingerprint density at radius 1 is 0.950 bits per heavy atom. The van der Waals surface area contributed by atoms with Crippen molar-refractivity contribution in [2.45, 2.75) is 26.3 Å². The number of nitrogens with two attached hydrogens (primary N) is 1. The van der Waals surface area contributed by atoms with Gasteiger partial charge in [-0.1, -0.05) is 6.07 Å². The molecule has 2 N–H and O–H groups in total. The van der Waals surface area contributed by atoms with E-state index in [2.05, 4.69) is 0 Å². The summed E-state index contributed by atoms with van der Waals surface area (Å²) in [5, 5.41) is 0. The van der Waals surface area contributed by atoms with E-state index in [0.29, 0.717) is 5.56 Å². The van der Waals surface area contributed by atoms with Crippen LogP contribution in [0.4, 0.5) is 13.2 Å². The molecule has 0 radical (unpaired) electrons. The SMILES string of the molecule is Cc1cc(F)cc(C)c1C(N)Cc1ccc(F)cc1F. The van der Waals surface area contributed by atoms with Crippen molar-refractivity contribution in [2.75, 3.05) is 0 Å². The third kappa shape index (κ3) is 3.02. The Morgan fingerprint density at radius 3 is 2.10 bits per heavy atom. The summed E-state index contributed by atoms with van der Waals surface area (Å²) in [5.41, 5.74) is 8.72. The van der Waals surface area contributed by atoms with Gasteiger partial charge in [0.25, 0.3) is 0 Å². The predicted octanol–water partition coefficient (Wildman–Crippen LogP) is 3.96. The second-order valence-corrected chi connectivity index (χ2v) is 5.00. The smallest absolute Gasteiger partial charge is 0.129 e. The molecule has 4 heteroatoms. The van der Waals surface area contributed by atoms with Gasteiger partial charge in [0, 0.05) is 12.1 Å². The molecule has 0 amide bonds. The van der Waals surface area contributed by atoms with Crippen molar-refractivity contribution in [1.29, 1.82) is 0 Å². The second-order valence-electron chi connectivity index (χ2n) is 5.00. The summed E-state index contributed by atoms with van der Waals surface area (Å²) in [5.74, 6) is -1.55. The van der Waals surface area contributed by atoms with E-state index in [4.69, 9.17) is 5.73 Å². The standard InChI is InChI=1S/C16H16F3N/c1-9-5-13(18)6-10(2)16(9)15(20)7-11-3-4-12(17)8-14(11)19/h3-6,8,15H,7,20H2,1-2H3. The highest BCUT2D eigenvalue weighted by Crippen LogP contribution is 2.25. The van der Waals surface area contributed by atoms with Gasteiger partial charge < -0.3 is 5.73 Å². The molecule has 2 rings (SSSR count). The first-order valence-electron chi connectivity index (χ1n) is 6.34. The number of hydrogen-bond acceptors (Lipinski definition) is 1. The predicted molar refractivity (Wildman–Crippen MR) is 72.9 cm³/mol. The van der Waals surface area contributed by atoms with Crippen molar-refractivity contribution in [3.8, 4) is 0 Å². The fraction of sp³-hybridized carbons (Fsp3) is 0.250. The van der Waals surface area contributed by atoms with Crippen LogP contribution in [0.2, 0.25) is 0 Å². The Bertz CT molecular complexity index is 615. The highest BCUT2D eigenvalue weighted by atomic mass is 19.1. The number of halogens is 3. The van der Waals surface area contributed by atoms with Crippen LogP contribution in [-0.2, 0) is 6.42 Å². The van der Waals surface area contributed by atoms with Crippen LogP contribution in [0.5, 0.6) is 0 Å². The van der Waals surface area contributed by atoms with Crippen LogP contribution in [0.3, 0.4) is 0 Å². The van der Waals surface area contributed by atoms with Gasteiger partial charge in [-0.2, -0.15) is 0 Å². The molecule has 0 saturated heterocycles. The molecule has 1 nitrogen and oxygen atoms in total. The molecular formula is C16H16F3N. The van der Waals surface area contributed by atoms with Crippen LogP contribution in [0.25, 0.3) is 0 Å². The van der Waals surface area contributed by atoms with Gasteiger partial charge >= 0.3 is 0 Å². The Labute approximate surface area is 116 Å². The first-order chi connectivity index (χ1) is 9.38. The normalized spacial score (nSPS) is 12.5. The molecule has 20 heavy (non-hydrogen) atoms. The van der Waals surface area contributed by atoms with Crippen molar-refractivity contribution >= 4 is 0 Å². The molecular weight excluding hydrogens is 263 g/mol. The molecule has 0 aliphatic heterocycles. The number of aryl methyl sites for hydroxylation is 2. The van der Waals surface area contributed by atoms with Gasteiger partial charge in [-0.25, -0.2) is 13.2 Å². The third-order valence-electron chi connectivity index (χ3n) is 3.38. The lowest BCUT2D eigenvalue weighted by Crippen LogP contribution is -2.17. The zero-order chi connectivity index (χ0) is 14.9. The maximum absolute atomic E-state index is 13.6. The van der Waals surface area contributed by atoms with Gasteiger partial charge in [-0.05, 0) is 60.7 Å². The second kappa shape index (κ2) is 5.67. The Morgan fingerprint density at radius 2 is 1.55 bits per heavy atom. The van der Waals surface area contributed by atoms with E-state index < -0.39 is 17.7 Å². The first-order valence-corrected chi connectivity index (χ1v) is 6.34. The molecule has 2 aromatic carbocycles. The minimum absolute atomic E-state index is 0.236. The molecule has 2 aromatic rings. The summed E-state index contributed by atoms with van der Waals surface area (Å²) in [6, 6.07) is 5.78. The first kappa shape index (κ1) is 14.6. The van der Waals surface area contributed by atoms with Gasteiger partial charge in [0.1, 0.15) is 17.5 Å². The largest absolute Gasteiger partial charge is 0.324 e. The van der Waals surface area contributed by atoms with E-state index in [9.17, 15) is 13.2 Å². The maximum Gasteiger partial charge on any atom is 0.129 e. The van der Waals surface area contributed by atoms with Crippen molar-refractivity contribution < 1.29 is 13.2 Å². The summed E-state index contributed by atoms with van der Waals surface area (Å²) in [7, 11) is 0. The van der Waals surface area contributed by atoms with E-state index in [-0.39, 0.29) is 12.2 Å². The van der Waals surface area contributed by atoms with E-state index in [1.807, 2.05) is 0 Å². The average molecular weight is 279 g/mol. The lowest BCUT2D eigenvalue weighted by atomic mass is 9.92. The van der Waals surface area contributed by atoms with Crippen molar-refractivity contribution in [2.24, 2.45) is 5.73 Å². The van der Waals surface area contributed by atoms with Crippen LogP contribution >= 0.6 is 0 Å². The number of rotatable bonds is 3. The van der Waals surface area contributed by atoms with Crippen molar-refractivity contribution in [1.82, 2.24) is 0 Å². The molecule has 0 aliphatic carbocycles. The van der Waals surface area contributed by atoms with Crippen LogP contribution in [0.1, 0.15) is 28.3 Å². The monoisotopic (exact) mass is 279 g/mol. The lowest BCUT2D eigenvalue weighted by Gasteiger charge is -2.18. The van der Waals surface area contributed by atoms with E-state index in [0.717, 1.165) is 22.8 Å². The Balaban J connectivity index is 2.31. The third-order valence-corrected chi connectivity index (χ3v) is 3.38. The van der Waals surface area contributed by atoms with Crippen LogP contribution in [0, 0.1) is 31.3 Å². The fourth-order valence-corrected chi connectivity index (χ4v) is 2.53. The van der Waals surface area contributed by atoms with E-state index in [1.54, 1.807) is 13.8 Å². The molecule has 0 aromatic heterocycles. The van der Waals surface area contributed by atoms with Gasteiger partial charge in [-0.3, -0.25) is 0 Å². The Kier molecular flexibility index (Phi) is 4.14. The van der Waals surface area contributed by atoms with Crippen LogP contribution < -0.4 is 5.73 Å². The highest BCUT2D eigenvalue weighted by Gasteiger charge is 2.16. The van der Waals surface area contributed by atoms with Crippen molar-refractivity contribution in [3.05, 3.63) is 70.0 Å². The van der Waals surface area contributed by atoms with Gasteiger partial charge in [0.05, 0.1) is 0 Å². The van der Waals surface area contributed by atoms with E-state index >= 15 is 0 Å². The fourth-order valence-electron chi connectivity index (χ4n) is 2.53. The molecule has 0 heterocycles. The van der Waals surface area contributed by atoms with E-state index in [1.165, 1.54) is 24.3 Å². The van der Waals surface area contributed by atoms with Crippen LogP contribution in [-0.4, -0.2) is 0 Å². The molecule has 0 fully saturated rings. The van der Waals surface area contributed by atoms with Crippen LogP contribution in [0.15, 0.2) is 30.3 Å². The number of hydrogen-bond donors (Lipinski definition) is 1. The molecule has 1 atom stereocenters. The quantitative estimate of drug-likeness (QED) is 0.904. The lowest BCUT2D eigenvalue weighted by molar-refractivity contribution is 0.561. The van der Waals surface area contributed by atoms with Gasteiger partial charge in [0.15, 0.2) is 0 Å². The Hall–Kier alpha value is -1.81. The topological polar surface area (TPSA) is 26.0 Å². The summed E-state index contributed by atoms with van der Waals surface area (Å²) in [6.07, 6.45) is 0.236. The molecule has 0 saturated carbocycles. The molecule has 106 valence electrons.